The highest BCUT2D eigenvalue weighted by molar-refractivity contribution is 5.16. The van der Waals surface area contributed by atoms with Gasteiger partial charge in [0.25, 0.3) is 0 Å². The summed E-state index contributed by atoms with van der Waals surface area (Å²) in [5, 5.41) is 3.22. The zero-order chi connectivity index (χ0) is 12.1. The van der Waals surface area contributed by atoms with Gasteiger partial charge in [-0.15, -0.1) is 0 Å². The maximum absolute atomic E-state index is 12.7. The molecule has 2 aromatic rings. The minimum absolute atomic E-state index is 0.202. The molecule has 0 saturated heterocycles. The Morgan fingerprint density at radius 2 is 2.06 bits per heavy atom. The number of nitrogens with one attached hydrogen (secondary N) is 1. The molecule has 0 spiro atoms. The molecule has 0 saturated carbocycles. The molecule has 1 aromatic carbocycles. The highest BCUT2D eigenvalue weighted by atomic mass is 19.1. The molecule has 0 unspecified atom stereocenters. The summed E-state index contributed by atoms with van der Waals surface area (Å²) in [6.07, 6.45) is 3.81. The van der Waals surface area contributed by atoms with Gasteiger partial charge < -0.3 is 9.88 Å². The molecule has 0 aliphatic carbocycles. The molecule has 0 bridgehead atoms. The molecule has 90 valence electrons. The third-order valence-corrected chi connectivity index (χ3v) is 2.52. The van der Waals surface area contributed by atoms with Crippen LogP contribution in [0.2, 0.25) is 0 Å². The van der Waals surface area contributed by atoms with Gasteiger partial charge in [0.15, 0.2) is 0 Å². The fourth-order valence-electron chi connectivity index (χ4n) is 1.64. The van der Waals surface area contributed by atoms with Crippen LogP contribution < -0.4 is 5.32 Å². The van der Waals surface area contributed by atoms with Crippen LogP contribution in [0.4, 0.5) is 4.39 Å². The Morgan fingerprint density at radius 3 is 2.76 bits per heavy atom. The van der Waals surface area contributed by atoms with Gasteiger partial charge in [0, 0.05) is 19.3 Å². The number of aromatic nitrogens is 2. The second-order valence-corrected chi connectivity index (χ2v) is 3.94. The molecule has 0 amide bonds. The topological polar surface area (TPSA) is 29.9 Å². The van der Waals surface area contributed by atoms with Crippen LogP contribution in [0.5, 0.6) is 0 Å². The summed E-state index contributed by atoms with van der Waals surface area (Å²) in [6, 6.07) is 6.54. The number of benzene rings is 1. The third kappa shape index (κ3) is 3.39. The van der Waals surface area contributed by atoms with Crippen molar-refractivity contribution in [3.8, 4) is 0 Å². The Hall–Kier alpha value is -1.68. The SMILES string of the molecule is CCNCc1cn(Cc2ccc(F)cc2)cn1. The van der Waals surface area contributed by atoms with Gasteiger partial charge in [0.2, 0.25) is 0 Å². The predicted octanol–water partition coefficient (Wildman–Crippen LogP) is 2.18. The van der Waals surface area contributed by atoms with Gasteiger partial charge in [-0.1, -0.05) is 19.1 Å². The van der Waals surface area contributed by atoms with Gasteiger partial charge in [-0.25, -0.2) is 9.37 Å². The quantitative estimate of drug-likeness (QED) is 0.857. The van der Waals surface area contributed by atoms with E-state index in [0.29, 0.717) is 0 Å². The number of halogens is 1. The first-order valence-corrected chi connectivity index (χ1v) is 5.73. The third-order valence-electron chi connectivity index (χ3n) is 2.52. The molecule has 1 aromatic heterocycles. The summed E-state index contributed by atoms with van der Waals surface area (Å²) in [5.74, 6) is -0.202. The number of imidazole rings is 1. The average Bonchev–Trinajstić information content (AvgIpc) is 2.77. The van der Waals surface area contributed by atoms with E-state index in [4.69, 9.17) is 0 Å². The molecule has 0 atom stereocenters. The monoisotopic (exact) mass is 233 g/mol. The van der Waals surface area contributed by atoms with E-state index in [0.717, 1.165) is 30.9 Å². The van der Waals surface area contributed by atoms with E-state index < -0.39 is 0 Å². The van der Waals surface area contributed by atoms with Gasteiger partial charge in [0.1, 0.15) is 5.82 Å². The Bertz CT molecular complexity index is 462. The Labute approximate surface area is 100 Å². The van der Waals surface area contributed by atoms with Crippen LogP contribution >= 0.6 is 0 Å². The van der Waals surface area contributed by atoms with Crippen LogP contribution in [0, 0.1) is 5.82 Å². The van der Waals surface area contributed by atoms with Gasteiger partial charge in [-0.3, -0.25) is 0 Å². The van der Waals surface area contributed by atoms with E-state index >= 15 is 0 Å². The summed E-state index contributed by atoms with van der Waals surface area (Å²) in [4.78, 5) is 4.29. The molecule has 4 heteroatoms. The van der Waals surface area contributed by atoms with Crippen molar-refractivity contribution in [2.45, 2.75) is 20.0 Å². The van der Waals surface area contributed by atoms with E-state index in [9.17, 15) is 4.39 Å². The van der Waals surface area contributed by atoms with Crippen LogP contribution in [-0.2, 0) is 13.1 Å². The van der Waals surface area contributed by atoms with Crippen molar-refractivity contribution in [3.63, 3.8) is 0 Å². The summed E-state index contributed by atoms with van der Waals surface area (Å²) in [6.45, 7) is 4.51. The summed E-state index contributed by atoms with van der Waals surface area (Å²) < 4.78 is 14.7. The maximum Gasteiger partial charge on any atom is 0.123 e. The van der Waals surface area contributed by atoms with Crippen LogP contribution in [-0.4, -0.2) is 16.1 Å². The Balaban J connectivity index is 1.98. The highest BCUT2D eigenvalue weighted by Gasteiger charge is 1.99. The van der Waals surface area contributed by atoms with Gasteiger partial charge >= 0.3 is 0 Å². The van der Waals surface area contributed by atoms with E-state index in [1.165, 1.54) is 12.1 Å². The van der Waals surface area contributed by atoms with Gasteiger partial charge in [0.05, 0.1) is 12.0 Å². The Morgan fingerprint density at radius 1 is 1.29 bits per heavy atom. The van der Waals surface area contributed by atoms with Crippen molar-refractivity contribution >= 4 is 0 Å². The lowest BCUT2D eigenvalue weighted by molar-refractivity contribution is 0.626. The predicted molar refractivity (Wildman–Crippen MR) is 65.1 cm³/mol. The largest absolute Gasteiger partial charge is 0.333 e. The van der Waals surface area contributed by atoms with E-state index in [1.807, 2.05) is 10.8 Å². The first kappa shape index (κ1) is 11.8. The van der Waals surface area contributed by atoms with Gasteiger partial charge in [-0.2, -0.15) is 0 Å². The molecule has 3 nitrogen and oxygen atoms in total. The lowest BCUT2D eigenvalue weighted by atomic mass is 10.2. The normalized spacial score (nSPS) is 10.7. The number of hydrogen-bond acceptors (Lipinski definition) is 2. The molecule has 17 heavy (non-hydrogen) atoms. The lowest BCUT2D eigenvalue weighted by Crippen LogP contribution is -2.11. The first-order valence-electron chi connectivity index (χ1n) is 5.73. The smallest absolute Gasteiger partial charge is 0.123 e. The fraction of sp³-hybridized carbons (Fsp3) is 0.308. The summed E-state index contributed by atoms with van der Waals surface area (Å²) in [5.41, 5.74) is 2.09. The Kier molecular flexibility index (Phi) is 3.88. The van der Waals surface area contributed by atoms with Crippen LogP contribution in [0.25, 0.3) is 0 Å². The second kappa shape index (κ2) is 5.59. The van der Waals surface area contributed by atoms with E-state index in [1.54, 1.807) is 18.5 Å². The molecule has 0 radical (unpaired) electrons. The van der Waals surface area contributed by atoms with Crippen molar-refractivity contribution in [2.75, 3.05) is 6.54 Å². The fourth-order valence-corrected chi connectivity index (χ4v) is 1.64. The zero-order valence-corrected chi connectivity index (χ0v) is 9.86. The molecule has 2 rings (SSSR count). The van der Waals surface area contributed by atoms with E-state index in [2.05, 4.69) is 17.2 Å². The minimum atomic E-state index is -0.202. The molecule has 1 N–H and O–H groups in total. The lowest BCUT2D eigenvalue weighted by Gasteiger charge is -2.02. The van der Waals surface area contributed by atoms with Crippen molar-refractivity contribution in [2.24, 2.45) is 0 Å². The van der Waals surface area contributed by atoms with Crippen LogP contribution in [0.1, 0.15) is 18.2 Å². The average molecular weight is 233 g/mol. The molecule has 1 heterocycles. The molecular formula is C13H16FN3. The number of rotatable bonds is 5. The van der Waals surface area contributed by atoms with Crippen LogP contribution in [0.15, 0.2) is 36.8 Å². The molecular weight excluding hydrogens is 217 g/mol. The maximum atomic E-state index is 12.7. The molecule has 0 aliphatic rings. The minimum Gasteiger partial charge on any atom is -0.333 e. The van der Waals surface area contributed by atoms with Crippen molar-refractivity contribution in [1.82, 2.24) is 14.9 Å². The highest BCUT2D eigenvalue weighted by Crippen LogP contribution is 2.06. The van der Waals surface area contributed by atoms with Crippen molar-refractivity contribution in [3.05, 3.63) is 53.9 Å². The molecule has 0 aliphatic heterocycles. The standard InChI is InChI=1S/C13H16FN3/c1-2-15-7-13-9-17(10-16-13)8-11-3-5-12(14)6-4-11/h3-6,9-10,15H,2,7-8H2,1H3. The van der Waals surface area contributed by atoms with Crippen molar-refractivity contribution < 1.29 is 4.39 Å². The summed E-state index contributed by atoms with van der Waals surface area (Å²) >= 11 is 0. The van der Waals surface area contributed by atoms with E-state index in [-0.39, 0.29) is 5.82 Å². The van der Waals surface area contributed by atoms with Crippen molar-refractivity contribution in [1.29, 1.82) is 0 Å². The number of nitrogens with zero attached hydrogens (tertiary/aromatic N) is 2. The molecule has 0 fully saturated rings. The summed E-state index contributed by atoms with van der Waals surface area (Å²) in [7, 11) is 0. The first-order chi connectivity index (χ1) is 8.28. The van der Waals surface area contributed by atoms with Crippen LogP contribution in [0.3, 0.4) is 0 Å². The number of hydrogen-bond donors (Lipinski definition) is 1. The second-order valence-electron chi connectivity index (χ2n) is 3.94. The zero-order valence-electron chi connectivity index (χ0n) is 9.86. The van der Waals surface area contributed by atoms with Gasteiger partial charge in [-0.05, 0) is 24.2 Å².